The number of carbonyl (C=O) groups is 2. The predicted molar refractivity (Wildman–Crippen MR) is 71.0 cm³/mol. The number of methoxy groups -OCH3 is 1. The topological polar surface area (TPSA) is 80.3 Å². The lowest BCUT2D eigenvalue weighted by atomic mass is 10.2. The van der Waals surface area contributed by atoms with E-state index in [1.54, 1.807) is 12.1 Å². The van der Waals surface area contributed by atoms with E-state index in [0.29, 0.717) is 24.5 Å². The molecule has 0 aromatic carbocycles. The van der Waals surface area contributed by atoms with Crippen LogP contribution >= 0.6 is 0 Å². The van der Waals surface area contributed by atoms with Crippen LogP contribution in [0.4, 0.5) is 0 Å². The molecule has 0 radical (unpaired) electrons. The maximum absolute atomic E-state index is 11.7. The smallest absolute Gasteiger partial charge is 0.252 e. The largest absolute Gasteiger partial charge is 0.481 e. The fourth-order valence-electron chi connectivity index (χ4n) is 1.38. The summed E-state index contributed by atoms with van der Waals surface area (Å²) in [5.41, 5.74) is 0.440. The van der Waals surface area contributed by atoms with Gasteiger partial charge in [0.25, 0.3) is 5.91 Å². The highest BCUT2D eigenvalue weighted by Crippen LogP contribution is 2.06. The first-order chi connectivity index (χ1) is 9.17. The van der Waals surface area contributed by atoms with Crippen LogP contribution in [0.1, 0.15) is 30.1 Å². The van der Waals surface area contributed by atoms with Crippen LogP contribution in [0.3, 0.4) is 0 Å². The predicted octanol–water partition coefficient (Wildman–Crippen LogP) is 0.736. The Morgan fingerprint density at radius 3 is 2.63 bits per heavy atom. The van der Waals surface area contributed by atoms with E-state index >= 15 is 0 Å². The second-order valence-electron chi connectivity index (χ2n) is 3.95. The van der Waals surface area contributed by atoms with E-state index < -0.39 is 0 Å². The fourth-order valence-corrected chi connectivity index (χ4v) is 1.38. The number of nitrogens with one attached hydrogen (secondary N) is 2. The number of ether oxygens (including phenoxy) is 1. The lowest BCUT2D eigenvalue weighted by Gasteiger charge is -2.06. The first-order valence-electron chi connectivity index (χ1n) is 6.22. The second-order valence-corrected chi connectivity index (χ2v) is 3.95. The fraction of sp³-hybridized carbons (Fsp3) is 0.462. The Hall–Kier alpha value is -2.11. The molecule has 0 aliphatic carbocycles. The molecule has 0 bridgehead atoms. The number of hydrogen-bond donors (Lipinski definition) is 2. The van der Waals surface area contributed by atoms with E-state index in [2.05, 4.69) is 15.6 Å². The van der Waals surface area contributed by atoms with Crippen molar-refractivity contribution in [2.75, 3.05) is 20.2 Å². The van der Waals surface area contributed by atoms with Crippen LogP contribution in [-0.4, -0.2) is 37.0 Å². The molecule has 0 aliphatic heterocycles. The van der Waals surface area contributed by atoms with Gasteiger partial charge in [-0.15, -0.1) is 0 Å². The van der Waals surface area contributed by atoms with Crippen molar-refractivity contribution in [1.82, 2.24) is 15.6 Å². The molecule has 0 saturated heterocycles. The number of rotatable bonds is 7. The van der Waals surface area contributed by atoms with Gasteiger partial charge in [0, 0.05) is 31.8 Å². The molecule has 1 aromatic heterocycles. The van der Waals surface area contributed by atoms with E-state index in [-0.39, 0.29) is 18.2 Å². The van der Waals surface area contributed by atoms with E-state index in [0.717, 1.165) is 6.42 Å². The average Bonchev–Trinajstić information content (AvgIpc) is 2.45. The van der Waals surface area contributed by atoms with Gasteiger partial charge in [0.15, 0.2) is 0 Å². The van der Waals surface area contributed by atoms with Gasteiger partial charge in [-0.05, 0) is 12.5 Å². The zero-order valence-corrected chi connectivity index (χ0v) is 11.2. The summed E-state index contributed by atoms with van der Waals surface area (Å²) in [7, 11) is 1.51. The van der Waals surface area contributed by atoms with Crippen LogP contribution in [0.15, 0.2) is 18.3 Å². The van der Waals surface area contributed by atoms with Crippen molar-refractivity contribution in [3.05, 3.63) is 23.9 Å². The number of pyridine rings is 1. The molecule has 2 N–H and O–H groups in total. The molecule has 0 atom stereocenters. The zero-order chi connectivity index (χ0) is 14.1. The number of aromatic nitrogens is 1. The first kappa shape index (κ1) is 14.9. The Morgan fingerprint density at radius 1 is 1.26 bits per heavy atom. The minimum absolute atomic E-state index is 0.0602. The van der Waals surface area contributed by atoms with Crippen LogP contribution in [-0.2, 0) is 4.79 Å². The summed E-state index contributed by atoms with van der Waals surface area (Å²) in [4.78, 5) is 27.0. The maximum Gasteiger partial charge on any atom is 0.252 e. The van der Waals surface area contributed by atoms with Gasteiger partial charge >= 0.3 is 0 Å². The lowest BCUT2D eigenvalue weighted by Crippen LogP contribution is -2.31. The van der Waals surface area contributed by atoms with Gasteiger partial charge in [0.05, 0.1) is 12.7 Å². The van der Waals surface area contributed by atoms with Crippen LogP contribution in [0.25, 0.3) is 0 Å². The van der Waals surface area contributed by atoms with Crippen LogP contribution in [0.5, 0.6) is 5.88 Å². The molecule has 6 nitrogen and oxygen atoms in total. The quantitative estimate of drug-likeness (QED) is 0.762. The molecule has 0 saturated carbocycles. The van der Waals surface area contributed by atoms with Gasteiger partial charge in [0.1, 0.15) is 0 Å². The molecule has 1 rings (SSSR count). The van der Waals surface area contributed by atoms with E-state index in [1.807, 2.05) is 6.92 Å². The first-order valence-corrected chi connectivity index (χ1v) is 6.22. The molecule has 0 aliphatic rings. The minimum Gasteiger partial charge on any atom is -0.481 e. The van der Waals surface area contributed by atoms with Gasteiger partial charge in [-0.25, -0.2) is 4.98 Å². The van der Waals surface area contributed by atoms with Gasteiger partial charge in [-0.2, -0.15) is 0 Å². The molecule has 1 aromatic rings. The SMILES string of the molecule is CCCNC(=O)CCNC(=O)c1ccc(OC)nc1. The zero-order valence-electron chi connectivity index (χ0n) is 11.2. The monoisotopic (exact) mass is 265 g/mol. The molecule has 19 heavy (non-hydrogen) atoms. The molecular weight excluding hydrogens is 246 g/mol. The van der Waals surface area contributed by atoms with Crippen molar-refractivity contribution < 1.29 is 14.3 Å². The second kappa shape index (κ2) is 8.07. The normalized spacial score (nSPS) is 9.79. The summed E-state index contributed by atoms with van der Waals surface area (Å²) in [5.74, 6) is 0.143. The third-order valence-corrected chi connectivity index (χ3v) is 2.42. The summed E-state index contributed by atoms with van der Waals surface area (Å²) in [6, 6.07) is 3.24. The van der Waals surface area contributed by atoms with Gasteiger partial charge in [0.2, 0.25) is 11.8 Å². The molecule has 0 fully saturated rings. The van der Waals surface area contributed by atoms with Crippen LogP contribution in [0.2, 0.25) is 0 Å². The van der Waals surface area contributed by atoms with Crippen molar-refractivity contribution in [1.29, 1.82) is 0 Å². The highest BCUT2D eigenvalue weighted by atomic mass is 16.5. The molecule has 104 valence electrons. The Kier molecular flexibility index (Phi) is 6.35. The van der Waals surface area contributed by atoms with E-state index in [4.69, 9.17) is 4.74 Å². The van der Waals surface area contributed by atoms with Gasteiger partial charge in [-0.1, -0.05) is 6.92 Å². The Morgan fingerprint density at radius 2 is 2.05 bits per heavy atom. The summed E-state index contributed by atoms with van der Waals surface area (Å²) in [6.45, 7) is 2.95. The maximum atomic E-state index is 11.7. The number of amides is 2. The summed E-state index contributed by atoms with van der Waals surface area (Å²) in [5, 5.41) is 5.40. The number of hydrogen-bond acceptors (Lipinski definition) is 4. The standard InChI is InChI=1S/C13H19N3O3/c1-3-7-14-11(17)6-8-15-13(18)10-4-5-12(19-2)16-9-10/h4-5,9H,3,6-8H2,1-2H3,(H,14,17)(H,15,18). The average molecular weight is 265 g/mol. The van der Waals surface area contributed by atoms with Crippen molar-refractivity contribution >= 4 is 11.8 Å². The lowest BCUT2D eigenvalue weighted by molar-refractivity contribution is -0.120. The van der Waals surface area contributed by atoms with E-state index in [1.165, 1.54) is 13.3 Å². The molecule has 1 heterocycles. The molecule has 2 amide bonds. The van der Waals surface area contributed by atoms with Gasteiger partial charge < -0.3 is 15.4 Å². The Bertz CT molecular complexity index is 418. The Balaban J connectivity index is 2.32. The third kappa shape index (κ3) is 5.37. The van der Waals surface area contributed by atoms with Gasteiger partial charge in [-0.3, -0.25) is 9.59 Å². The van der Waals surface area contributed by atoms with Crippen LogP contribution in [0, 0.1) is 0 Å². The minimum atomic E-state index is -0.251. The summed E-state index contributed by atoms with van der Waals surface area (Å²) >= 11 is 0. The summed E-state index contributed by atoms with van der Waals surface area (Å²) in [6.07, 6.45) is 2.61. The van der Waals surface area contributed by atoms with Crippen molar-refractivity contribution in [3.63, 3.8) is 0 Å². The Labute approximate surface area is 112 Å². The van der Waals surface area contributed by atoms with Crippen molar-refractivity contribution in [3.8, 4) is 5.88 Å². The number of nitrogens with zero attached hydrogens (tertiary/aromatic N) is 1. The number of carbonyl (C=O) groups excluding carboxylic acids is 2. The molecule has 0 spiro atoms. The van der Waals surface area contributed by atoms with E-state index in [9.17, 15) is 9.59 Å². The molecular formula is C13H19N3O3. The van der Waals surface area contributed by atoms with Crippen molar-refractivity contribution in [2.45, 2.75) is 19.8 Å². The highest BCUT2D eigenvalue weighted by Gasteiger charge is 2.07. The molecule has 0 unspecified atom stereocenters. The molecule has 6 heteroatoms. The van der Waals surface area contributed by atoms with Crippen molar-refractivity contribution in [2.24, 2.45) is 0 Å². The highest BCUT2D eigenvalue weighted by molar-refractivity contribution is 5.94. The summed E-state index contributed by atoms with van der Waals surface area (Å²) < 4.78 is 4.90. The third-order valence-electron chi connectivity index (χ3n) is 2.42. The van der Waals surface area contributed by atoms with Crippen LogP contribution < -0.4 is 15.4 Å².